The molecule has 2 aromatic carbocycles. The van der Waals surface area contributed by atoms with Crippen LogP contribution in [0.25, 0.3) is 0 Å². The van der Waals surface area contributed by atoms with Crippen LogP contribution in [0, 0.1) is 13.8 Å². The van der Waals surface area contributed by atoms with Crippen LogP contribution in [0.1, 0.15) is 42.0 Å². The maximum Gasteiger partial charge on any atom is 0.224 e. The first kappa shape index (κ1) is 18.1. The van der Waals surface area contributed by atoms with Crippen LogP contribution in [-0.4, -0.2) is 19.1 Å². The van der Waals surface area contributed by atoms with Gasteiger partial charge in [-0.15, -0.1) is 0 Å². The van der Waals surface area contributed by atoms with Crippen molar-refractivity contribution in [2.75, 3.05) is 13.2 Å². The van der Waals surface area contributed by atoms with Crippen molar-refractivity contribution in [1.29, 1.82) is 0 Å². The standard InChI is InChI=1S/C21H27NO2/c1-15(2)19-7-5-6-8-20(19)24-12-11-22-21(23)14-18-13-16(3)9-10-17(18)4/h5-10,13,15H,11-12,14H2,1-4H3,(H,22,23). The maximum absolute atomic E-state index is 12.1. The molecule has 0 saturated heterocycles. The first-order valence-electron chi connectivity index (χ1n) is 8.52. The number of benzene rings is 2. The number of aryl methyl sites for hydroxylation is 2. The summed E-state index contributed by atoms with van der Waals surface area (Å²) in [6, 6.07) is 14.3. The molecule has 128 valence electrons. The molecule has 3 heteroatoms. The molecule has 2 rings (SSSR count). The molecular formula is C21H27NO2. The minimum atomic E-state index is 0.0319. The third kappa shape index (κ3) is 5.12. The minimum Gasteiger partial charge on any atom is -0.491 e. The smallest absolute Gasteiger partial charge is 0.224 e. The Morgan fingerprint density at radius 3 is 2.62 bits per heavy atom. The Kier molecular flexibility index (Phi) is 6.42. The van der Waals surface area contributed by atoms with E-state index in [1.165, 1.54) is 11.1 Å². The topological polar surface area (TPSA) is 38.3 Å². The number of hydrogen-bond donors (Lipinski definition) is 1. The summed E-state index contributed by atoms with van der Waals surface area (Å²) in [7, 11) is 0. The second kappa shape index (κ2) is 8.53. The van der Waals surface area contributed by atoms with E-state index in [1.54, 1.807) is 0 Å². The van der Waals surface area contributed by atoms with E-state index in [9.17, 15) is 4.79 Å². The molecule has 0 bridgehead atoms. The SMILES string of the molecule is Cc1ccc(C)c(CC(=O)NCCOc2ccccc2C(C)C)c1. The average molecular weight is 325 g/mol. The van der Waals surface area contributed by atoms with E-state index >= 15 is 0 Å². The average Bonchev–Trinajstić information content (AvgIpc) is 2.55. The van der Waals surface area contributed by atoms with Gasteiger partial charge in [-0.05, 0) is 42.5 Å². The third-order valence-corrected chi connectivity index (χ3v) is 4.08. The molecule has 0 heterocycles. The van der Waals surface area contributed by atoms with Crippen LogP contribution in [0.5, 0.6) is 5.75 Å². The van der Waals surface area contributed by atoms with E-state index in [2.05, 4.69) is 43.4 Å². The molecule has 0 unspecified atom stereocenters. The van der Waals surface area contributed by atoms with Gasteiger partial charge in [-0.3, -0.25) is 4.79 Å². The lowest BCUT2D eigenvalue weighted by atomic mass is 10.0. The molecule has 0 aliphatic rings. The highest BCUT2D eigenvalue weighted by molar-refractivity contribution is 5.78. The summed E-state index contributed by atoms with van der Waals surface area (Å²) >= 11 is 0. The highest BCUT2D eigenvalue weighted by Crippen LogP contribution is 2.25. The Bertz CT molecular complexity index is 692. The number of amides is 1. The largest absolute Gasteiger partial charge is 0.491 e. The van der Waals surface area contributed by atoms with Crippen molar-refractivity contribution in [2.24, 2.45) is 0 Å². The number of carbonyl (C=O) groups excluding carboxylic acids is 1. The zero-order valence-corrected chi connectivity index (χ0v) is 15.1. The van der Waals surface area contributed by atoms with Gasteiger partial charge in [0.15, 0.2) is 0 Å². The van der Waals surface area contributed by atoms with Crippen LogP contribution >= 0.6 is 0 Å². The van der Waals surface area contributed by atoms with Gasteiger partial charge in [-0.2, -0.15) is 0 Å². The number of nitrogens with one attached hydrogen (secondary N) is 1. The quantitative estimate of drug-likeness (QED) is 0.776. The molecule has 0 saturated carbocycles. The van der Waals surface area contributed by atoms with Crippen LogP contribution in [-0.2, 0) is 11.2 Å². The van der Waals surface area contributed by atoms with E-state index in [4.69, 9.17) is 4.74 Å². The molecule has 2 aromatic rings. The number of para-hydroxylation sites is 1. The van der Waals surface area contributed by atoms with E-state index in [-0.39, 0.29) is 5.91 Å². The summed E-state index contributed by atoms with van der Waals surface area (Å²) in [4.78, 5) is 12.1. The van der Waals surface area contributed by atoms with Gasteiger partial charge in [0, 0.05) is 0 Å². The molecular weight excluding hydrogens is 298 g/mol. The van der Waals surface area contributed by atoms with E-state index in [1.807, 2.05) is 32.0 Å². The molecule has 0 aliphatic heterocycles. The van der Waals surface area contributed by atoms with Gasteiger partial charge in [0.2, 0.25) is 5.91 Å². The zero-order valence-electron chi connectivity index (χ0n) is 15.1. The zero-order chi connectivity index (χ0) is 17.5. The summed E-state index contributed by atoms with van der Waals surface area (Å²) in [5.41, 5.74) is 4.60. The summed E-state index contributed by atoms with van der Waals surface area (Å²) in [6.45, 7) is 9.36. The lowest BCUT2D eigenvalue weighted by Gasteiger charge is -2.14. The van der Waals surface area contributed by atoms with Crippen molar-refractivity contribution in [2.45, 2.75) is 40.0 Å². The second-order valence-corrected chi connectivity index (χ2v) is 6.50. The van der Waals surface area contributed by atoms with Gasteiger partial charge in [0.25, 0.3) is 0 Å². The number of carbonyl (C=O) groups is 1. The van der Waals surface area contributed by atoms with Gasteiger partial charge >= 0.3 is 0 Å². The molecule has 0 aromatic heterocycles. The second-order valence-electron chi connectivity index (χ2n) is 6.50. The van der Waals surface area contributed by atoms with Crippen molar-refractivity contribution in [3.8, 4) is 5.75 Å². The fourth-order valence-corrected chi connectivity index (χ4v) is 2.67. The third-order valence-electron chi connectivity index (χ3n) is 4.08. The van der Waals surface area contributed by atoms with Crippen molar-refractivity contribution in [3.05, 3.63) is 64.7 Å². The Hall–Kier alpha value is -2.29. The fourth-order valence-electron chi connectivity index (χ4n) is 2.67. The van der Waals surface area contributed by atoms with Crippen LogP contribution in [0.2, 0.25) is 0 Å². The predicted octanol–water partition coefficient (Wildman–Crippen LogP) is 4.16. The molecule has 24 heavy (non-hydrogen) atoms. The first-order valence-corrected chi connectivity index (χ1v) is 8.52. The van der Waals surface area contributed by atoms with Crippen LogP contribution in [0.4, 0.5) is 0 Å². The Balaban J connectivity index is 1.80. The van der Waals surface area contributed by atoms with Crippen LogP contribution in [0.15, 0.2) is 42.5 Å². The van der Waals surface area contributed by atoms with Crippen LogP contribution < -0.4 is 10.1 Å². The van der Waals surface area contributed by atoms with Gasteiger partial charge in [0.05, 0.1) is 13.0 Å². The molecule has 0 spiro atoms. The highest BCUT2D eigenvalue weighted by atomic mass is 16.5. The highest BCUT2D eigenvalue weighted by Gasteiger charge is 2.08. The van der Waals surface area contributed by atoms with Gasteiger partial charge in [-0.1, -0.05) is 55.8 Å². The molecule has 1 N–H and O–H groups in total. The van der Waals surface area contributed by atoms with Crippen molar-refractivity contribution >= 4 is 5.91 Å². The van der Waals surface area contributed by atoms with Gasteiger partial charge < -0.3 is 10.1 Å². The molecule has 0 fully saturated rings. The molecule has 1 amide bonds. The summed E-state index contributed by atoms with van der Waals surface area (Å²) in [5, 5.41) is 2.93. The van der Waals surface area contributed by atoms with E-state index in [0.29, 0.717) is 25.5 Å². The fraction of sp³-hybridized carbons (Fsp3) is 0.381. The number of rotatable bonds is 7. The first-order chi connectivity index (χ1) is 11.5. The maximum atomic E-state index is 12.1. The summed E-state index contributed by atoms with van der Waals surface area (Å²) in [5.74, 6) is 1.35. The van der Waals surface area contributed by atoms with Gasteiger partial charge in [0.1, 0.15) is 12.4 Å². The molecule has 0 radical (unpaired) electrons. The predicted molar refractivity (Wildman–Crippen MR) is 98.7 cm³/mol. The van der Waals surface area contributed by atoms with Crippen molar-refractivity contribution in [1.82, 2.24) is 5.32 Å². The van der Waals surface area contributed by atoms with Crippen molar-refractivity contribution in [3.63, 3.8) is 0 Å². The summed E-state index contributed by atoms with van der Waals surface area (Å²) < 4.78 is 5.83. The van der Waals surface area contributed by atoms with Crippen molar-refractivity contribution < 1.29 is 9.53 Å². The molecule has 0 atom stereocenters. The minimum absolute atomic E-state index is 0.0319. The Morgan fingerprint density at radius 1 is 1.12 bits per heavy atom. The number of hydrogen-bond acceptors (Lipinski definition) is 2. The molecule has 3 nitrogen and oxygen atoms in total. The van der Waals surface area contributed by atoms with Gasteiger partial charge in [-0.25, -0.2) is 0 Å². The lowest BCUT2D eigenvalue weighted by molar-refractivity contribution is -0.120. The van der Waals surface area contributed by atoms with E-state index < -0.39 is 0 Å². The normalized spacial score (nSPS) is 10.7. The molecule has 0 aliphatic carbocycles. The Morgan fingerprint density at radius 2 is 1.88 bits per heavy atom. The summed E-state index contributed by atoms with van der Waals surface area (Å²) in [6.07, 6.45) is 0.413. The monoisotopic (exact) mass is 325 g/mol. The lowest BCUT2D eigenvalue weighted by Crippen LogP contribution is -2.29. The van der Waals surface area contributed by atoms with Crippen LogP contribution in [0.3, 0.4) is 0 Å². The van der Waals surface area contributed by atoms with E-state index in [0.717, 1.165) is 16.9 Å². The number of ether oxygens (including phenoxy) is 1. The Labute approximate surface area is 145 Å².